The lowest BCUT2D eigenvalue weighted by molar-refractivity contribution is -0.0172. The van der Waals surface area contributed by atoms with Crippen molar-refractivity contribution in [3.05, 3.63) is 127 Å². The fourth-order valence-corrected chi connectivity index (χ4v) is 9.29. The number of aliphatic hydroxyl groups is 1. The van der Waals surface area contributed by atoms with E-state index in [4.69, 9.17) is 14.5 Å². The van der Waals surface area contributed by atoms with E-state index in [1.807, 2.05) is 70.2 Å². The van der Waals surface area contributed by atoms with Crippen LogP contribution in [0.15, 0.2) is 82.6 Å². The van der Waals surface area contributed by atoms with E-state index in [2.05, 4.69) is 28.6 Å². The molecule has 0 spiro atoms. The Labute approximate surface area is 357 Å². The molecule has 6 aromatic rings. The number of H-pyrrole nitrogens is 1. The number of benzene rings is 3. The topological polar surface area (TPSA) is 188 Å². The van der Waals surface area contributed by atoms with Crippen LogP contribution in [0.3, 0.4) is 0 Å². The Balaban J connectivity index is 0.882. The van der Waals surface area contributed by atoms with Crippen LogP contribution in [0.4, 0.5) is 4.79 Å². The highest BCUT2D eigenvalue weighted by Gasteiger charge is 2.41. The predicted octanol–water partition coefficient (Wildman–Crippen LogP) is 6.41. The molecule has 0 saturated carbocycles. The van der Waals surface area contributed by atoms with Gasteiger partial charge in [-0.15, -0.1) is 0 Å². The molecular formula is C47H49N7O8. The number of pyridine rings is 2. The van der Waals surface area contributed by atoms with Crippen molar-refractivity contribution in [1.29, 1.82) is 0 Å². The van der Waals surface area contributed by atoms with Gasteiger partial charge < -0.3 is 34.3 Å². The maximum absolute atomic E-state index is 13.8. The molecule has 4 N–H and O–H groups in total. The van der Waals surface area contributed by atoms with Crippen LogP contribution < -0.4 is 16.0 Å². The molecule has 3 aliphatic heterocycles. The highest BCUT2D eigenvalue weighted by Crippen LogP contribution is 2.43. The Bertz CT molecular complexity index is 2930. The zero-order valence-electron chi connectivity index (χ0n) is 35.4. The Hall–Kier alpha value is -6.71. The quantitative estimate of drug-likeness (QED) is 0.132. The van der Waals surface area contributed by atoms with E-state index in [0.717, 1.165) is 22.1 Å². The molecule has 3 aliphatic rings. The number of ether oxygens (including phenoxy) is 2. The number of aromatic hydroxyl groups is 2. The number of aromatic nitrogens is 5. The minimum atomic E-state index is -1.47. The number of nitrogens with one attached hydrogen (secondary N) is 1. The van der Waals surface area contributed by atoms with Gasteiger partial charge in [0.05, 0.1) is 40.3 Å². The van der Waals surface area contributed by atoms with E-state index in [1.54, 1.807) is 21.6 Å². The maximum Gasteiger partial charge on any atom is 0.415 e. The van der Waals surface area contributed by atoms with Gasteiger partial charge in [-0.3, -0.25) is 9.69 Å². The number of hydrogen-bond donors (Lipinski definition) is 4. The first-order chi connectivity index (χ1) is 29.7. The van der Waals surface area contributed by atoms with Crippen molar-refractivity contribution in [2.24, 2.45) is 0 Å². The SMILES string of the molecule is C=C1OCc2c(cc3n(c2=O)Cc2c-3nc3ccc(OC(=O)N4CCN(Cc5ccc(-n6c(-c7cc(C(C)C)c(O)cc7O)n[nH]c6=O)cc5)CC4C)cc3c2CC)C1(O)CC. The number of rotatable bonds is 8. The van der Waals surface area contributed by atoms with Crippen LogP contribution in [-0.4, -0.2) is 81.2 Å². The van der Waals surface area contributed by atoms with Gasteiger partial charge in [0.2, 0.25) is 0 Å². The number of aromatic amines is 1. The smallest absolute Gasteiger partial charge is 0.415 e. The molecule has 1 fully saturated rings. The van der Waals surface area contributed by atoms with E-state index in [-0.39, 0.29) is 47.2 Å². The highest BCUT2D eigenvalue weighted by molar-refractivity contribution is 5.89. The third-order valence-corrected chi connectivity index (χ3v) is 12.7. The first kappa shape index (κ1) is 40.7. The molecule has 1 saturated heterocycles. The van der Waals surface area contributed by atoms with Gasteiger partial charge >= 0.3 is 11.8 Å². The van der Waals surface area contributed by atoms with Gasteiger partial charge in [0.25, 0.3) is 5.56 Å². The Kier molecular flexibility index (Phi) is 10.1. The van der Waals surface area contributed by atoms with Crippen molar-refractivity contribution in [1.82, 2.24) is 34.1 Å². The first-order valence-corrected chi connectivity index (χ1v) is 21.0. The van der Waals surface area contributed by atoms with Crippen molar-refractivity contribution >= 4 is 17.0 Å². The number of hydrogen-bond acceptors (Lipinski definition) is 11. The first-order valence-electron chi connectivity index (χ1n) is 21.0. The van der Waals surface area contributed by atoms with Crippen molar-refractivity contribution < 1.29 is 29.6 Å². The maximum atomic E-state index is 13.8. The minimum absolute atomic E-state index is 0.0198. The number of fused-ring (bicyclic) bond motifs is 5. The lowest BCUT2D eigenvalue weighted by Crippen LogP contribution is -2.54. The summed E-state index contributed by atoms with van der Waals surface area (Å²) >= 11 is 0. The number of carbonyl (C=O) groups is 1. The van der Waals surface area contributed by atoms with Gasteiger partial charge in [0.1, 0.15) is 35.2 Å². The van der Waals surface area contributed by atoms with Crippen molar-refractivity contribution in [2.75, 3.05) is 19.6 Å². The molecule has 9 rings (SSSR count). The molecule has 15 heteroatoms. The zero-order chi connectivity index (χ0) is 43.8. The average molecular weight is 840 g/mol. The van der Waals surface area contributed by atoms with E-state index >= 15 is 0 Å². The zero-order valence-corrected chi connectivity index (χ0v) is 35.4. The summed E-state index contributed by atoms with van der Waals surface area (Å²) in [6.07, 6.45) is 0.531. The molecule has 2 unspecified atom stereocenters. The van der Waals surface area contributed by atoms with Crippen LogP contribution in [0.5, 0.6) is 17.2 Å². The molecule has 0 radical (unpaired) electrons. The van der Waals surface area contributed by atoms with Gasteiger partial charge in [0, 0.05) is 54.8 Å². The second-order valence-electron chi connectivity index (χ2n) is 16.8. The summed E-state index contributed by atoms with van der Waals surface area (Å²) in [5, 5.41) is 40.1. The molecule has 0 bridgehead atoms. The van der Waals surface area contributed by atoms with Gasteiger partial charge in [-0.1, -0.05) is 46.4 Å². The van der Waals surface area contributed by atoms with Crippen LogP contribution in [0.25, 0.3) is 39.4 Å². The third-order valence-electron chi connectivity index (χ3n) is 12.7. The molecule has 320 valence electrons. The molecular weight excluding hydrogens is 791 g/mol. The molecule has 3 aromatic carbocycles. The van der Waals surface area contributed by atoms with Crippen LogP contribution in [-0.2, 0) is 36.5 Å². The van der Waals surface area contributed by atoms with E-state index in [1.165, 1.54) is 10.6 Å². The van der Waals surface area contributed by atoms with E-state index in [0.29, 0.717) is 96.2 Å². The van der Waals surface area contributed by atoms with Gasteiger partial charge in [-0.05, 0) is 84.8 Å². The molecule has 0 aliphatic carbocycles. The molecule has 3 aromatic heterocycles. The van der Waals surface area contributed by atoms with Crippen LogP contribution in [0.2, 0.25) is 0 Å². The Morgan fingerprint density at radius 2 is 1.81 bits per heavy atom. The molecule has 6 heterocycles. The fourth-order valence-electron chi connectivity index (χ4n) is 9.29. The number of phenols is 2. The largest absolute Gasteiger partial charge is 0.508 e. The van der Waals surface area contributed by atoms with Crippen LogP contribution >= 0.6 is 0 Å². The van der Waals surface area contributed by atoms with Crippen molar-refractivity contribution in [3.8, 4) is 45.7 Å². The summed E-state index contributed by atoms with van der Waals surface area (Å²) in [4.78, 5) is 49.4. The minimum Gasteiger partial charge on any atom is -0.508 e. The van der Waals surface area contributed by atoms with Crippen LogP contribution in [0, 0.1) is 0 Å². The Morgan fingerprint density at radius 1 is 1.03 bits per heavy atom. The fraction of sp³-hybridized carbons (Fsp3) is 0.340. The van der Waals surface area contributed by atoms with Crippen molar-refractivity contribution in [3.63, 3.8) is 0 Å². The summed E-state index contributed by atoms with van der Waals surface area (Å²) in [5.74, 6) is 0.629. The number of amides is 1. The molecule has 62 heavy (non-hydrogen) atoms. The van der Waals surface area contributed by atoms with E-state index < -0.39 is 17.4 Å². The molecule has 15 nitrogen and oxygen atoms in total. The number of nitrogens with zero attached hydrogens (tertiary/aromatic N) is 6. The molecule has 2 atom stereocenters. The summed E-state index contributed by atoms with van der Waals surface area (Å²) in [6, 6.07) is 17.6. The average Bonchev–Trinajstić information content (AvgIpc) is 3.81. The van der Waals surface area contributed by atoms with Crippen LogP contribution in [0.1, 0.15) is 80.3 Å². The van der Waals surface area contributed by atoms with Gasteiger partial charge in [-0.2, -0.15) is 5.10 Å². The second kappa shape index (κ2) is 15.3. The standard InChI is InChI=1S/C47H49N7O8/c1-7-31-33-17-30(13-14-38(33)48-42-35(31)23-53-39(42)19-37-36(44(53)57)24-61-27(6)47(37,60)8-2)62-46(59)52-16-15-51(21-26(52)5)22-28-9-11-29(12-10-28)54-43(49-50-45(54)58)34-18-32(25(3)4)40(55)20-41(34)56/h9-14,17-20,25-26,55-56,60H,6-8,15-16,21-24H2,1-5H3,(H,50,58). The van der Waals surface area contributed by atoms with E-state index in [9.17, 15) is 29.7 Å². The third kappa shape index (κ3) is 6.63. The van der Waals surface area contributed by atoms with Crippen molar-refractivity contribution in [2.45, 2.75) is 84.7 Å². The highest BCUT2D eigenvalue weighted by atomic mass is 16.6. The monoisotopic (exact) mass is 839 g/mol. The van der Waals surface area contributed by atoms with Gasteiger partial charge in [0.15, 0.2) is 5.82 Å². The second-order valence-corrected chi connectivity index (χ2v) is 16.8. The van der Waals surface area contributed by atoms with Gasteiger partial charge in [-0.25, -0.2) is 24.2 Å². The number of aryl methyl sites for hydroxylation is 1. The normalized spacial score (nSPS) is 18.5. The Morgan fingerprint density at radius 3 is 2.52 bits per heavy atom. The summed E-state index contributed by atoms with van der Waals surface area (Å²) in [5.41, 5.74) is 5.33. The number of carbonyl (C=O) groups excluding carboxylic acids is 1. The lowest BCUT2D eigenvalue weighted by atomic mass is 9.84. The summed E-state index contributed by atoms with van der Waals surface area (Å²) < 4.78 is 14.8. The lowest BCUT2D eigenvalue weighted by Gasteiger charge is -2.39. The predicted molar refractivity (Wildman–Crippen MR) is 233 cm³/mol. The summed E-state index contributed by atoms with van der Waals surface area (Å²) in [7, 11) is 0. The summed E-state index contributed by atoms with van der Waals surface area (Å²) in [6.45, 7) is 16.4. The molecule has 1 amide bonds. The number of phenolic OH excluding ortho intramolecular Hbond substituents is 2. The number of piperazine rings is 1.